The second-order valence-corrected chi connectivity index (χ2v) is 5.11. The van der Waals surface area contributed by atoms with Gasteiger partial charge in [0.15, 0.2) is 0 Å². The van der Waals surface area contributed by atoms with E-state index in [0.29, 0.717) is 29.6 Å². The minimum absolute atomic E-state index is 0.189. The van der Waals surface area contributed by atoms with E-state index in [0.717, 1.165) is 32.4 Å². The van der Waals surface area contributed by atoms with E-state index in [1.54, 1.807) is 6.07 Å². The van der Waals surface area contributed by atoms with Crippen LogP contribution in [-0.4, -0.2) is 37.2 Å². The minimum Gasteiger partial charge on any atom is -0.380 e. The highest BCUT2D eigenvalue weighted by atomic mass is 35.5. The first kappa shape index (κ1) is 17.7. The number of aromatic nitrogens is 1. The number of nitrogens with zero attached hydrogens (tertiary/aromatic N) is 1. The molecule has 0 bridgehead atoms. The monoisotopic (exact) mass is 313 g/mol. The van der Waals surface area contributed by atoms with Crippen molar-refractivity contribution in [1.82, 2.24) is 10.3 Å². The van der Waals surface area contributed by atoms with Gasteiger partial charge in [-0.25, -0.2) is 4.98 Å². The fraction of sp³-hybridized carbons (Fsp3) is 0.600. The quantitative estimate of drug-likeness (QED) is 0.652. The van der Waals surface area contributed by atoms with Crippen LogP contribution in [0, 0.1) is 0 Å². The Morgan fingerprint density at radius 1 is 1.29 bits per heavy atom. The van der Waals surface area contributed by atoms with Crippen molar-refractivity contribution in [3.8, 4) is 0 Å². The fourth-order valence-corrected chi connectivity index (χ4v) is 1.86. The molecule has 21 heavy (non-hydrogen) atoms. The lowest BCUT2D eigenvalue weighted by Gasteiger charge is -2.09. The molecule has 5 nitrogen and oxygen atoms in total. The SMILES string of the molecule is CCCCOCCNC(=O)c1cnc(NCCC)c(Cl)c1. The summed E-state index contributed by atoms with van der Waals surface area (Å²) in [5.74, 6) is 0.420. The first-order chi connectivity index (χ1) is 10.2. The summed E-state index contributed by atoms with van der Waals surface area (Å²) in [6.45, 7) is 6.70. The fourth-order valence-electron chi connectivity index (χ4n) is 1.62. The number of hydrogen-bond acceptors (Lipinski definition) is 4. The normalized spacial score (nSPS) is 10.4. The maximum Gasteiger partial charge on any atom is 0.252 e. The van der Waals surface area contributed by atoms with Crippen LogP contribution in [0.1, 0.15) is 43.5 Å². The van der Waals surface area contributed by atoms with E-state index in [1.807, 2.05) is 0 Å². The molecule has 1 aromatic heterocycles. The molecule has 118 valence electrons. The highest BCUT2D eigenvalue weighted by Gasteiger charge is 2.09. The van der Waals surface area contributed by atoms with Gasteiger partial charge in [-0.1, -0.05) is 31.9 Å². The molecule has 0 saturated heterocycles. The van der Waals surface area contributed by atoms with Crippen LogP contribution in [0.15, 0.2) is 12.3 Å². The summed E-state index contributed by atoms with van der Waals surface area (Å²) in [6, 6.07) is 1.62. The Hall–Kier alpha value is -1.33. The van der Waals surface area contributed by atoms with Gasteiger partial charge in [0.25, 0.3) is 5.91 Å². The third-order valence-corrected chi connectivity index (χ3v) is 3.11. The Balaban J connectivity index is 2.38. The van der Waals surface area contributed by atoms with Gasteiger partial charge in [0.2, 0.25) is 0 Å². The van der Waals surface area contributed by atoms with Crippen LogP contribution in [-0.2, 0) is 4.74 Å². The Bertz CT molecular complexity index is 441. The van der Waals surface area contributed by atoms with E-state index in [2.05, 4.69) is 29.5 Å². The Morgan fingerprint density at radius 2 is 2.10 bits per heavy atom. The van der Waals surface area contributed by atoms with Crippen molar-refractivity contribution in [2.45, 2.75) is 33.1 Å². The van der Waals surface area contributed by atoms with E-state index in [4.69, 9.17) is 16.3 Å². The number of amides is 1. The molecule has 0 aliphatic rings. The Morgan fingerprint density at radius 3 is 2.76 bits per heavy atom. The average molecular weight is 314 g/mol. The summed E-state index contributed by atoms with van der Waals surface area (Å²) >= 11 is 6.10. The van der Waals surface area contributed by atoms with Gasteiger partial charge in [-0.15, -0.1) is 0 Å². The standard InChI is InChI=1S/C15H24ClN3O2/c1-3-5-8-21-9-7-18-15(20)12-10-13(16)14(19-11-12)17-6-4-2/h10-11H,3-9H2,1-2H3,(H,17,19)(H,18,20). The van der Waals surface area contributed by atoms with E-state index >= 15 is 0 Å². The molecule has 2 N–H and O–H groups in total. The number of rotatable bonds is 10. The van der Waals surface area contributed by atoms with Crippen molar-refractivity contribution in [1.29, 1.82) is 0 Å². The zero-order valence-electron chi connectivity index (χ0n) is 12.7. The van der Waals surface area contributed by atoms with E-state index < -0.39 is 0 Å². The third kappa shape index (κ3) is 6.78. The van der Waals surface area contributed by atoms with Gasteiger partial charge in [0, 0.05) is 25.9 Å². The number of carbonyl (C=O) groups is 1. The molecule has 0 saturated carbocycles. The van der Waals surface area contributed by atoms with Gasteiger partial charge >= 0.3 is 0 Å². The minimum atomic E-state index is -0.189. The van der Waals surface area contributed by atoms with Crippen molar-refractivity contribution >= 4 is 23.3 Å². The van der Waals surface area contributed by atoms with Gasteiger partial charge < -0.3 is 15.4 Å². The van der Waals surface area contributed by atoms with Crippen LogP contribution in [0.25, 0.3) is 0 Å². The Kier molecular flexibility index (Phi) is 8.78. The van der Waals surface area contributed by atoms with E-state index in [-0.39, 0.29) is 5.91 Å². The molecule has 6 heteroatoms. The Labute approximate surface area is 131 Å². The van der Waals surface area contributed by atoms with Gasteiger partial charge in [0.05, 0.1) is 17.2 Å². The maximum absolute atomic E-state index is 11.9. The molecule has 0 fully saturated rings. The molecule has 1 aromatic rings. The first-order valence-corrected chi connectivity index (χ1v) is 7.82. The molecule has 0 aliphatic carbocycles. The van der Waals surface area contributed by atoms with Crippen molar-refractivity contribution in [2.75, 3.05) is 31.6 Å². The summed E-state index contributed by atoms with van der Waals surface area (Å²) in [4.78, 5) is 16.1. The second kappa shape index (κ2) is 10.4. The van der Waals surface area contributed by atoms with Crippen LogP contribution in [0.4, 0.5) is 5.82 Å². The number of carbonyl (C=O) groups excluding carboxylic acids is 1. The molecule has 0 unspecified atom stereocenters. The number of unbranched alkanes of at least 4 members (excludes halogenated alkanes) is 1. The number of ether oxygens (including phenoxy) is 1. The van der Waals surface area contributed by atoms with E-state index in [1.165, 1.54) is 6.20 Å². The lowest BCUT2D eigenvalue weighted by Crippen LogP contribution is -2.27. The highest BCUT2D eigenvalue weighted by molar-refractivity contribution is 6.33. The summed E-state index contributed by atoms with van der Waals surface area (Å²) in [5, 5.41) is 6.34. The molecule has 0 aromatic carbocycles. The third-order valence-electron chi connectivity index (χ3n) is 2.82. The van der Waals surface area contributed by atoms with Crippen LogP contribution < -0.4 is 10.6 Å². The van der Waals surface area contributed by atoms with Crippen molar-refractivity contribution in [3.63, 3.8) is 0 Å². The van der Waals surface area contributed by atoms with Gasteiger partial charge in [-0.2, -0.15) is 0 Å². The number of nitrogens with one attached hydrogen (secondary N) is 2. The van der Waals surface area contributed by atoms with Crippen molar-refractivity contribution in [2.24, 2.45) is 0 Å². The highest BCUT2D eigenvalue weighted by Crippen LogP contribution is 2.19. The summed E-state index contributed by atoms with van der Waals surface area (Å²) < 4.78 is 5.38. The first-order valence-electron chi connectivity index (χ1n) is 7.44. The summed E-state index contributed by atoms with van der Waals surface area (Å²) in [6.07, 6.45) is 4.66. The van der Waals surface area contributed by atoms with Gasteiger partial charge in [0.1, 0.15) is 5.82 Å². The van der Waals surface area contributed by atoms with Gasteiger partial charge in [-0.3, -0.25) is 4.79 Å². The predicted octanol–water partition coefficient (Wildman–Crippen LogP) is 3.10. The van der Waals surface area contributed by atoms with Crippen LogP contribution in [0.3, 0.4) is 0 Å². The molecule has 1 heterocycles. The summed E-state index contributed by atoms with van der Waals surface area (Å²) in [5.41, 5.74) is 0.454. The van der Waals surface area contributed by atoms with Crippen molar-refractivity contribution < 1.29 is 9.53 Å². The molecular formula is C15H24ClN3O2. The lowest BCUT2D eigenvalue weighted by molar-refractivity contribution is 0.0912. The van der Waals surface area contributed by atoms with Crippen LogP contribution in [0.5, 0.6) is 0 Å². The van der Waals surface area contributed by atoms with Crippen LogP contribution >= 0.6 is 11.6 Å². The van der Waals surface area contributed by atoms with E-state index in [9.17, 15) is 4.79 Å². The second-order valence-electron chi connectivity index (χ2n) is 4.70. The zero-order chi connectivity index (χ0) is 15.5. The molecule has 0 radical (unpaired) electrons. The molecule has 0 aliphatic heterocycles. The maximum atomic E-state index is 11.9. The topological polar surface area (TPSA) is 63.2 Å². The average Bonchev–Trinajstić information content (AvgIpc) is 2.49. The lowest BCUT2D eigenvalue weighted by atomic mass is 10.2. The molecule has 0 atom stereocenters. The number of hydrogen-bond donors (Lipinski definition) is 2. The molecular weight excluding hydrogens is 290 g/mol. The zero-order valence-corrected chi connectivity index (χ0v) is 13.5. The predicted molar refractivity (Wildman–Crippen MR) is 86.1 cm³/mol. The molecule has 1 rings (SSSR count). The van der Waals surface area contributed by atoms with Crippen LogP contribution in [0.2, 0.25) is 5.02 Å². The number of pyridine rings is 1. The number of halogens is 1. The smallest absolute Gasteiger partial charge is 0.252 e. The molecule has 1 amide bonds. The number of anilines is 1. The van der Waals surface area contributed by atoms with Gasteiger partial charge in [-0.05, 0) is 18.9 Å². The van der Waals surface area contributed by atoms with Crippen molar-refractivity contribution in [3.05, 3.63) is 22.8 Å². The summed E-state index contributed by atoms with van der Waals surface area (Å²) in [7, 11) is 0. The molecule has 0 spiro atoms. The largest absolute Gasteiger partial charge is 0.380 e.